The summed E-state index contributed by atoms with van der Waals surface area (Å²) in [6, 6.07) is 9.82. The molecule has 160 valence electrons. The Balaban J connectivity index is 1.47. The number of amides is 2. The summed E-state index contributed by atoms with van der Waals surface area (Å²) in [5.74, 6) is 0.433. The van der Waals surface area contributed by atoms with Crippen molar-refractivity contribution in [1.82, 2.24) is 15.3 Å². The maximum absolute atomic E-state index is 13.8. The van der Waals surface area contributed by atoms with E-state index in [-0.39, 0.29) is 17.1 Å². The van der Waals surface area contributed by atoms with Gasteiger partial charge >= 0.3 is 6.03 Å². The van der Waals surface area contributed by atoms with Gasteiger partial charge in [0.1, 0.15) is 17.7 Å². The Morgan fingerprint density at radius 3 is 2.65 bits per heavy atom. The van der Waals surface area contributed by atoms with Crippen molar-refractivity contribution in [2.75, 3.05) is 5.32 Å². The second-order valence-electron chi connectivity index (χ2n) is 7.21. The highest BCUT2D eigenvalue weighted by atomic mass is 35.5. The number of halogens is 3. The first-order chi connectivity index (χ1) is 14.9. The summed E-state index contributed by atoms with van der Waals surface area (Å²) in [6.45, 7) is 1.74. The molecular formula is C22H19Cl2FN4O2. The Morgan fingerprint density at radius 2 is 1.94 bits per heavy atom. The van der Waals surface area contributed by atoms with Gasteiger partial charge in [0.2, 0.25) is 0 Å². The summed E-state index contributed by atoms with van der Waals surface area (Å²) in [5, 5.41) is 5.81. The van der Waals surface area contributed by atoms with E-state index in [9.17, 15) is 9.18 Å². The lowest BCUT2D eigenvalue weighted by Gasteiger charge is -2.18. The van der Waals surface area contributed by atoms with Crippen LogP contribution in [0.15, 0.2) is 48.8 Å². The van der Waals surface area contributed by atoms with Gasteiger partial charge in [-0.3, -0.25) is 0 Å². The Morgan fingerprint density at radius 1 is 1.19 bits per heavy atom. The van der Waals surface area contributed by atoms with Crippen LogP contribution in [0.25, 0.3) is 11.4 Å². The van der Waals surface area contributed by atoms with Crippen LogP contribution in [-0.2, 0) is 0 Å². The minimum atomic E-state index is -0.580. The zero-order chi connectivity index (χ0) is 22.0. The van der Waals surface area contributed by atoms with E-state index >= 15 is 0 Å². The number of urea groups is 1. The number of nitrogens with zero attached hydrogens (tertiary/aromatic N) is 2. The number of carbonyl (C=O) groups is 1. The second-order valence-corrected chi connectivity index (χ2v) is 8.00. The van der Waals surface area contributed by atoms with Gasteiger partial charge < -0.3 is 15.4 Å². The third-order valence-corrected chi connectivity index (χ3v) is 5.43. The maximum atomic E-state index is 13.8. The lowest BCUT2D eigenvalue weighted by Crippen LogP contribution is -2.30. The van der Waals surface area contributed by atoms with Crippen molar-refractivity contribution in [2.24, 2.45) is 0 Å². The van der Waals surface area contributed by atoms with Crippen molar-refractivity contribution in [3.8, 4) is 17.1 Å². The average Bonchev–Trinajstić information content (AvgIpc) is 3.55. The van der Waals surface area contributed by atoms with Crippen LogP contribution in [0.3, 0.4) is 0 Å². The van der Waals surface area contributed by atoms with Crippen LogP contribution in [0.5, 0.6) is 5.75 Å². The third kappa shape index (κ3) is 5.24. The number of hydrogen-bond donors (Lipinski definition) is 2. The molecule has 0 spiro atoms. The molecule has 2 N–H and O–H groups in total. The quantitative estimate of drug-likeness (QED) is 0.441. The van der Waals surface area contributed by atoms with E-state index in [1.54, 1.807) is 25.1 Å². The fourth-order valence-electron chi connectivity index (χ4n) is 3.01. The van der Waals surface area contributed by atoms with Crippen LogP contribution < -0.4 is 15.4 Å². The summed E-state index contributed by atoms with van der Waals surface area (Å²) in [6.07, 6.45) is 4.52. The monoisotopic (exact) mass is 460 g/mol. The zero-order valence-electron chi connectivity index (χ0n) is 16.5. The Labute approximate surface area is 188 Å². The Bertz CT molecular complexity index is 1110. The van der Waals surface area contributed by atoms with Gasteiger partial charge in [0.05, 0.1) is 23.1 Å². The topological polar surface area (TPSA) is 76.1 Å². The second kappa shape index (κ2) is 9.08. The summed E-state index contributed by atoms with van der Waals surface area (Å²) >= 11 is 12.3. The van der Waals surface area contributed by atoms with E-state index < -0.39 is 11.9 Å². The summed E-state index contributed by atoms with van der Waals surface area (Å²) in [5.41, 5.74) is 1.60. The fourth-order valence-corrected chi connectivity index (χ4v) is 3.69. The largest absolute Gasteiger partial charge is 0.486 e. The number of nitrogens with one attached hydrogen (secondary N) is 2. The van der Waals surface area contributed by atoms with Crippen molar-refractivity contribution in [3.05, 3.63) is 70.2 Å². The molecule has 1 atom stereocenters. The molecule has 1 aliphatic rings. The smallest absolute Gasteiger partial charge is 0.319 e. The molecule has 31 heavy (non-hydrogen) atoms. The molecule has 0 saturated heterocycles. The van der Waals surface area contributed by atoms with Gasteiger partial charge in [-0.15, -0.1) is 0 Å². The van der Waals surface area contributed by atoms with Crippen molar-refractivity contribution >= 4 is 34.9 Å². The van der Waals surface area contributed by atoms with E-state index in [2.05, 4.69) is 20.6 Å². The molecule has 1 aromatic heterocycles. The maximum Gasteiger partial charge on any atom is 0.319 e. The molecule has 9 heteroatoms. The van der Waals surface area contributed by atoms with Gasteiger partial charge in [0.25, 0.3) is 0 Å². The number of anilines is 1. The van der Waals surface area contributed by atoms with Gasteiger partial charge in [-0.1, -0.05) is 35.3 Å². The number of benzene rings is 2. The Hall–Kier alpha value is -2.90. The van der Waals surface area contributed by atoms with Crippen molar-refractivity contribution in [1.29, 1.82) is 0 Å². The molecule has 6 nitrogen and oxygen atoms in total. The molecule has 0 bridgehead atoms. The lowest BCUT2D eigenvalue weighted by atomic mass is 10.1. The minimum Gasteiger partial charge on any atom is -0.486 e. The predicted octanol–water partition coefficient (Wildman–Crippen LogP) is 6.01. The predicted molar refractivity (Wildman–Crippen MR) is 118 cm³/mol. The molecule has 1 aliphatic carbocycles. The average molecular weight is 461 g/mol. The van der Waals surface area contributed by atoms with E-state index in [0.717, 1.165) is 18.4 Å². The van der Waals surface area contributed by atoms with Crippen LogP contribution in [0.2, 0.25) is 10.0 Å². The van der Waals surface area contributed by atoms with Crippen LogP contribution in [0, 0.1) is 5.82 Å². The first-order valence-electron chi connectivity index (χ1n) is 9.71. The Kier molecular flexibility index (Phi) is 6.25. The van der Waals surface area contributed by atoms with Crippen LogP contribution in [0.1, 0.15) is 31.4 Å². The molecule has 2 aromatic carbocycles. The van der Waals surface area contributed by atoms with E-state index in [0.29, 0.717) is 27.8 Å². The first-order valence-corrected chi connectivity index (χ1v) is 10.5. The molecule has 1 fully saturated rings. The van der Waals surface area contributed by atoms with Gasteiger partial charge in [-0.25, -0.2) is 19.2 Å². The van der Waals surface area contributed by atoms with Gasteiger partial charge in [-0.2, -0.15) is 0 Å². The summed E-state index contributed by atoms with van der Waals surface area (Å²) in [7, 11) is 0. The zero-order valence-corrected chi connectivity index (χ0v) is 18.0. The van der Waals surface area contributed by atoms with E-state index in [1.165, 1.54) is 24.5 Å². The highest BCUT2D eigenvalue weighted by molar-refractivity contribution is 6.36. The number of aromatic nitrogens is 2. The third-order valence-electron chi connectivity index (χ3n) is 4.71. The molecule has 2 amide bonds. The molecule has 0 radical (unpaired) electrons. The normalized spacial score (nSPS) is 14.1. The van der Waals surface area contributed by atoms with Gasteiger partial charge in [0.15, 0.2) is 5.82 Å². The summed E-state index contributed by atoms with van der Waals surface area (Å²) < 4.78 is 19.8. The number of hydrogen-bond acceptors (Lipinski definition) is 4. The molecule has 1 heterocycles. The number of carbonyl (C=O) groups excluding carboxylic acids is 1. The standard InChI is InChI=1S/C22H19Cl2FN4O2/c1-12(19-17(23)7-8-18(25)20(19)24)31-16-4-2-3-13(9-16)21-26-10-15(11-27-21)29-22(30)28-14-5-6-14/h2-4,7-12,14H,5-6H2,1H3,(H2,28,29,30). The van der Waals surface area contributed by atoms with Crippen LogP contribution in [-0.4, -0.2) is 22.0 Å². The molecule has 1 unspecified atom stereocenters. The summed E-state index contributed by atoms with van der Waals surface area (Å²) in [4.78, 5) is 20.4. The molecule has 0 aliphatic heterocycles. The number of rotatable bonds is 6. The molecular weight excluding hydrogens is 442 g/mol. The van der Waals surface area contributed by atoms with Crippen molar-refractivity contribution in [3.63, 3.8) is 0 Å². The fraction of sp³-hybridized carbons (Fsp3) is 0.227. The van der Waals surface area contributed by atoms with E-state index in [4.69, 9.17) is 27.9 Å². The van der Waals surface area contributed by atoms with Gasteiger partial charge in [-0.05, 0) is 44.0 Å². The van der Waals surface area contributed by atoms with Crippen molar-refractivity contribution in [2.45, 2.75) is 31.9 Å². The van der Waals surface area contributed by atoms with Crippen molar-refractivity contribution < 1.29 is 13.9 Å². The van der Waals surface area contributed by atoms with Gasteiger partial charge in [0, 0.05) is 22.2 Å². The van der Waals surface area contributed by atoms with Crippen LogP contribution >= 0.6 is 23.2 Å². The molecule has 3 aromatic rings. The number of ether oxygens (including phenoxy) is 1. The highest BCUT2D eigenvalue weighted by Crippen LogP contribution is 2.35. The SMILES string of the molecule is CC(Oc1cccc(-c2ncc(NC(=O)NC3CC3)cn2)c1)c1c(Cl)ccc(F)c1Cl. The molecule has 4 rings (SSSR count). The highest BCUT2D eigenvalue weighted by Gasteiger charge is 2.23. The lowest BCUT2D eigenvalue weighted by molar-refractivity contribution is 0.226. The van der Waals surface area contributed by atoms with Crippen LogP contribution in [0.4, 0.5) is 14.9 Å². The van der Waals surface area contributed by atoms with E-state index in [1.807, 2.05) is 6.07 Å². The minimum absolute atomic E-state index is 0.0618. The molecule has 1 saturated carbocycles. The first kappa shape index (κ1) is 21.3.